The number of para-hydroxylation sites is 1. The van der Waals surface area contributed by atoms with Gasteiger partial charge in [-0.25, -0.2) is 0 Å². The quantitative estimate of drug-likeness (QED) is 0.892. The average molecular weight is 239 g/mol. The molecule has 92 valence electrons. The van der Waals surface area contributed by atoms with Crippen LogP contribution in [0.3, 0.4) is 0 Å². The largest absolute Gasteiger partial charge is 0.341 e. The van der Waals surface area contributed by atoms with Crippen LogP contribution in [-0.2, 0) is 13.0 Å². The summed E-state index contributed by atoms with van der Waals surface area (Å²) in [6.45, 7) is 1.90. The molecule has 1 aliphatic rings. The van der Waals surface area contributed by atoms with Crippen LogP contribution >= 0.6 is 0 Å². The van der Waals surface area contributed by atoms with E-state index < -0.39 is 0 Å². The summed E-state index contributed by atoms with van der Waals surface area (Å²) in [5.41, 5.74) is 5.28. The van der Waals surface area contributed by atoms with E-state index in [4.69, 9.17) is 0 Å². The molecule has 3 nitrogen and oxygen atoms in total. The van der Waals surface area contributed by atoms with Crippen molar-refractivity contribution < 1.29 is 0 Å². The second-order valence-electron chi connectivity index (χ2n) is 4.57. The van der Waals surface area contributed by atoms with E-state index in [1.165, 1.54) is 22.5 Å². The van der Waals surface area contributed by atoms with E-state index in [-0.39, 0.29) is 0 Å². The van der Waals surface area contributed by atoms with Gasteiger partial charge >= 0.3 is 0 Å². The van der Waals surface area contributed by atoms with Crippen molar-refractivity contribution in [3.05, 3.63) is 53.9 Å². The van der Waals surface area contributed by atoms with Crippen LogP contribution in [-0.4, -0.2) is 18.6 Å². The Morgan fingerprint density at radius 3 is 3.00 bits per heavy atom. The summed E-state index contributed by atoms with van der Waals surface area (Å²) in [7, 11) is 1.97. The van der Waals surface area contributed by atoms with Gasteiger partial charge in [0.05, 0.1) is 0 Å². The molecule has 0 unspecified atom stereocenters. The highest BCUT2D eigenvalue weighted by Gasteiger charge is 2.21. The molecular weight excluding hydrogens is 222 g/mol. The molecule has 2 aromatic rings. The van der Waals surface area contributed by atoms with Crippen LogP contribution in [0.15, 0.2) is 42.7 Å². The van der Waals surface area contributed by atoms with E-state index in [9.17, 15) is 0 Å². The van der Waals surface area contributed by atoms with Crippen molar-refractivity contribution in [1.29, 1.82) is 0 Å². The lowest BCUT2D eigenvalue weighted by Crippen LogP contribution is -2.17. The van der Waals surface area contributed by atoms with Crippen molar-refractivity contribution in [3.63, 3.8) is 0 Å². The van der Waals surface area contributed by atoms with E-state index in [0.29, 0.717) is 0 Å². The van der Waals surface area contributed by atoms with Crippen molar-refractivity contribution in [2.24, 2.45) is 0 Å². The van der Waals surface area contributed by atoms with E-state index in [2.05, 4.69) is 45.5 Å². The summed E-state index contributed by atoms with van der Waals surface area (Å²) in [6, 6.07) is 10.7. The number of rotatable bonds is 3. The third-order valence-electron chi connectivity index (χ3n) is 3.42. The molecule has 0 aliphatic carbocycles. The maximum absolute atomic E-state index is 4.22. The van der Waals surface area contributed by atoms with Gasteiger partial charge in [-0.05, 0) is 31.2 Å². The molecule has 1 aromatic heterocycles. The monoisotopic (exact) mass is 239 g/mol. The maximum atomic E-state index is 4.22. The Hall–Kier alpha value is -1.87. The lowest BCUT2D eigenvalue weighted by Gasteiger charge is -2.22. The number of anilines is 2. The van der Waals surface area contributed by atoms with Crippen molar-refractivity contribution in [3.8, 4) is 0 Å². The minimum Gasteiger partial charge on any atom is -0.341 e. The molecule has 18 heavy (non-hydrogen) atoms. The number of nitrogens with zero attached hydrogens (tertiary/aromatic N) is 2. The summed E-state index contributed by atoms with van der Waals surface area (Å²) < 4.78 is 0. The van der Waals surface area contributed by atoms with Crippen LogP contribution in [0.4, 0.5) is 11.4 Å². The zero-order chi connectivity index (χ0) is 12.4. The van der Waals surface area contributed by atoms with Crippen molar-refractivity contribution in [2.45, 2.75) is 13.0 Å². The lowest BCUT2D eigenvalue weighted by atomic mass is 10.1. The Kier molecular flexibility index (Phi) is 2.99. The molecule has 1 aliphatic heterocycles. The van der Waals surface area contributed by atoms with Gasteiger partial charge in [0.25, 0.3) is 0 Å². The Morgan fingerprint density at radius 2 is 2.11 bits per heavy atom. The van der Waals surface area contributed by atoms with Gasteiger partial charge in [0, 0.05) is 42.4 Å². The van der Waals surface area contributed by atoms with Crippen LogP contribution in [0.5, 0.6) is 0 Å². The van der Waals surface area contributed by atoms with Crippen LogP contribution in [0.25, 0.3) is 0 Å². The minimum atomic E-state index is 0.849. The van der Waals surface area contributed by atoms with Gasteiger partial charge in [-0.1, -0.05) is 18.2 Å². The van der Waals surface area contributed by atoms with Crippen LogP contribution in [0, 0.1) is 0 Å². The first-order chi connectivity index (χ1) is 8.90. The molecule has 1 N–H and O–H groups in total. The highest BCUT2D eigenvalue weighted by molar-refractivity contribution is 5.71. The number of benzene rings is 1. The molecule has 0 saturated heterocycles. The van der Waals surface area contributed by atoms with Gasteiger partial charge in [0.15, 0.2) is 0 Å². The highest BCUT2D eigenvalue weighted by Crippen LogP contribution is 2.35. The van der Waals surface area contributed by atoms with Crippen LogP contribution in [0.1, 0.15) is 11.1 Å². The third-order valence-corrected chi connectivity index (χ3v) is 3.42. The van der Waals surface area contributed by atoms with Gasteiger partial charge in [-0.2, -0.15) is 0 Å². The van der Waals surface area contributed by atoms with Crippen LogP contribution in [0.2, 0.25) is 0 Å². The number of hydrogen-bond acceptors (Lipinski definition) is 3. The third kappa shape index (κ3) is 1.87. The maximum Gasteiger partial charge on any atom is 0.0487 e. The molecule has 0 atom stereocenters. The number of fused-ring (bicyclic) bond motifs is 1. The molecule has 3 rings (SSSR count). The Balaban J connectivity index is 2.02. The molecule has 0 fully saturated rings. The molecular formula is C15H17N3. The lowest BCUT2D eigenvalue weighted by molar-refractivity contribution is 0.808. The SMILES string of the molecule is CNCc1cnccc1N1CCc2ccccc21. The van der Waals surface area contributed by atoms with E-state index in [1.54, 1.807) is 0 Å². The molecule has 1 aromatic carbocycles. The molecule has 0 amide bonds. The zero-order valence-corrected chi connectivity index (χ0v) is 10.6. The summed E-state index contributed by atoms with van der Waals surface area (Å²) in [5.74, 6) is 0. The van der Waals surface area contributed by atoms with Gasteiger partial charge in [0.1, 0.15) is 0 Å². The number of aromatic nitrogens is 1. The number of pyridine rings is 1. The number of nitrogens with one attached hydrogen (secondary N) is 1. The van der Waals surface area contributed by atoms with Gasteiger partial charge in [-0.3, -0.25) is 4.98 Å². The second kappa shape index (κ2) is 4.78. The van der Waals surface area contributed by atoms with Crippen molar-refractivity contribution >= 4 is 11.4 Å². The summed E-state index contributed by atoms with van der Waals surface area (Å²) >= 11 is 0. The fraction of sp³-hybridized carbons (Fsp3) is 0.267. The molecule has 0 radical (unpaired) electrons. The fourth-order valence-electron chi connectivity index (χ4n) is 2.60. The van der Waals surface area contributed by atoms with Gasteiger partial charge in [-0.15, -0.1) is 0 Å². The first kappa shape index (κ1) is 11.2. The average Bonchev–Trinajstić information content (AvgIpc) is 2.84. The topological polar surface area (TPSA) is 28.2 Å². The van der Waals surface area contributed by atoms with Gasteiger partial charge in [0.2, 0.25) is 0 Å². The Morgan fingerprint density at radius 1 is 1.22 bits per heavy atom. The summed E-state index contributed by atoms with van der Waals surface area (Å²) in [5, 5.41) is 3.21. The second-order valence-corrected chi connectivity index (χ2v) is 4.57. The van der Waals surface area contributed by atoms with E-state index in [1.807, 2.05) is 19.4 Å². The van der Waals surface area contributed by atoms with Crippen molar-refractivity contribution in [1.82, 2.24) is 10.3 Å². The molecule has 0 bridgehead atoms. The smallest absolute Gasteiger partial charge is 0.0487 e. The highest BCUT2D eigenvalue weighted by atomic mass is 15.2. The standard InChI is InChI=1S/C15H17N3/c1-16-10-13-11-17-8-6-15(13)18-9-7-12-4-2-3-5-14(12)18/h2-6,8,11,16H,7,9-10H2,1H3. The molecule has 3 heteroatoms. The normalized spacial score (nSPS) is 13.7. The molecule has 0 saturated carbocycles. The molecule has 0 spiro atoms. The predicted molar refractivity (Wildman–Crippen MR) is 74.2 cm³/mol. The Bertz CT molecular complexity index is 551. The van der Waals surface area contributed by atoms with E-state index >= 15 is 0 Å². The van der Waals surface area contributed by atoms with Crippen LogP contribution < -0.4 is 10.2 Å². The zero-order valence-electron chi connectivity index (χ0n) is 10.6. The molecule has 2 heterocycles. The first-order valence-corrected chi connectivity index (χ1v) is 6.33. The van der Waals surface area contributed by atoms with Gasteiger partial charge < -0.3 is 10.2 Å². The summed E-state index contributed by atoms with van der Waals surface area (Å²) in [4.78, 5) is 6.62. The van der Waals surface area contributed by atoms with Crippen molar-refractivity contribution in [2.75, 3.05) is 18.5 Å². The van der Waals surface area contributed by atoms with E-state index in [0.717, 1.165) is 19.5 Å². The predicted octanol–water partition coefficient (Wildman–Crippen LogP) is 2.50. The fourth-order valence-corrected chi connectivity index (χ4v) is 2.60. The number of hydrogen-bond donors (Lipinski definition) is 1. The summed E-state index contributed by atoms with van der Waals surface area (Å²) in [6.07, 6.45) is 4.94. The minimum absolute atomic E-state index is 0.849. The first-order valence-electron chi connectivity index (χ1n) is 6.33. The Labute approximate surface area is 107 Å².